The topological polar surface area (TPSA) is 78.4 Å². The van der Waals surface area contributed by atoms with Gasteiger partial charge in [0.25, 0.3) is 5.91 Å². The monoisotopic (exact) mass is 342 g/mol. The minimum atomic E-state index is -0.598. The van der Waals surface area contributed by atoms with Crippen molar-refractivity contribution >= 4 is 5.91 Å². The third-order valence-electron chi connectivity index (χ3n) is 4.02. The average Bonchev–Trinajstić information content (AvgIpc) is 2.68. The second kappa shape index (κ2) is 9.86. The maximum Gasteiger partial charge on any atom is 0.253 e. The second-order valence-corrected chi connectivity index (χ2v) is 5.75. The first-order valence-electron chi connectivity index (χ1n) is 8.74. The summed E-state index contributed by atoms with van der Waals surface area (Å²) in [5.74, 6) is -0.247. The van der Waals surface area contributed by atoms with Crippen LogP contribution in [0, 0.1) is 0 Å². The van der Waals surface area contributed by atoms with Crippen molar-refractivity contribution in [2.24, 2.45) is 0 Å². The molecular formula is C19H26N4O2. The van der Waals surface area contributed by atoms with Crippen LogP contribution < -0.4 is 5.32 Å². The summed E-state index contributed by atoms with van der Waals surface area (Å²) in [5.41, 5.74) is 3.15. The zero-order valence-corrected chi connectivity index (χ0v) is 14.9. The fourth-order valence-electron chi connectivity index (χ4n) is 2.81. The van der Waals surface area contributed by atoms with E-state index >= 15 is 0 Å². The van der Waals surface area contributed by atoms with Gasteiger partial charge >= 0.3 is 0 Å². The van der Waals surface area contributed by atoms with E-state index in [4.69, 9.17) is 0 Å². The molecule has 1 atom stereocenters. The van der Waals surface area contributed by atoms with E-state index in [2.05, 4.69) is 38.6 Å². The van der Waals surface area contributed by atoms with Crippen LogP contribution in [0.4, 0.5) is 0 Å². The highest BCUT2D eigenvalue weighted by Gasteiger charge is 2.18. The SMILES string of the molecule is CC.O=C(NC[C@H](O)CN1CCc2ccccc2C1)c1ccnnc1. The number of nitrogens with zero attached hydrogens (tertiary/aromatic N) is 3. The number of β-amino-alcohol motifs (C(OH)–C–C–N with tert-alkyl or cyclic N) is 1. The molecule has 0 saturated carbocycles. The summed E-state index contributed by atoms with van der Waals surface area (Å²) in [4.78, 5) is 14.1. The number of rotatable bonds is 5. The fourth-order valence-corrected chi connectivity index (χ4v) is 2.81. The molecule has 1 aliphatic heterocycles. The highest BCUT2D eigenvalue weighted by atomic mass is 16.3. The number of fused-ring (bicyclic) bond motifs is 1. The molecule has 6 nitrogen and oxygen atoms in total. The number of aliphatic hydroxyl groups excluding tert-OH is 1. The molecule has 0 spiro atoms. The first-order valence-corrected chi connectivity index (χ1v) is 8.74. The molecule has 0 fully saturated rings. The lowest BCUT2D eigenvalue weighted by molar-refractivity contribution is 0.0841. The molecule has 1 aromatic carbocycles. The van der Waals surface area contributed by atoms with Gasteiger partial charge in [-0.15, -0.1) is 0 Å². The van der Waals surface area contributed by atoms with Gasteiger partial charge in [-0.05, 0) is 23.6 Å². The Labute approximate surface area is 148 Å². The van der Waals surface area contributed by atoms with Gasteiger partial charge in [0.15, 0.2) is 0 Å². The average molecular weight is 342 g/mol. The van der Waals surface area contributed by atoms with E-state index in [1.54, 1.807) is 6.07 Å². The molecule has 0 radical (unpaired) electrons. The quantitative estimate of drug-likeness (QED) is 0.864. The summed E-state index contributed by atoms with van der Waals surface area (Å²) < 4.78 is 0. The molecule has 2 heterocycles. The fraction of sp³-hybridized carbons (Fsp3) is 0.421. The maximum absolute atomic E-state index is 11.9. The minimum absolute atomic E-state index is 0.222. The van der Waals surface area contributed by atoms with Gasteiger partial charge in [0.2, 0.25) is 0 Å². The standard InChI is InChI=1S/C17H20N4O2.C2H6/c22-16(10-18-17(23)14-5-7-19-20-9-14)12-21-8-6-13-3-1-2-4-15(13)11-21;1-2/h1-5,7,9,16,22H,6,8,10-12H2,(H,18,23);1-2H3/t16-;/m0./s1. The molecule has 2 N–H and O–H groups in total. The first kappa shape index (κ1) is 19.0. The van der Waals surface area contributed by atoms with Gasteiger partial charge < -0.3 is 10.4 Å². The van der Waals surface area contributed by atoms with E-state index in [1.807, 2.05) is 19.9 Å². The molecule has 0 saturated heterocycles. The zero-order chi connectivity index (χ0) is 18.1. The number of hydrogen-bond acceptors (Lipinski definition) is 5. The lowest BCUT2D eigenvalue weighted by Gasteiger charge is -2.30. The van der Waals surface area contributed by atoms with Crippen LogP contribution in [0.15, 0.2) is 42.7 Å². The van der Waals surface area contributed by atoms with Gasteiger partial charge in [0.1, 0.15) is 0 Å². The lowest BCUT2D eigenvalue weighted by atomic mass is 10.00. The molecule has 2 aromatic rings. The van der Waals surface area contributed by atoms with E-state index in [-0.39, 0.29) is 12.5 Å². The number of carbonyl (C=O) groups excluding carboxylic acids is 1. The van der Waals surface area contributed by atoms with Crippen molar-refractivity contribution in [1.29, 1.82) is 0 Å². The summed E-state index contributed by atoms with van der Waals surface area (Å²) in [6, 6.07) is 9.99. The molecule has 0 bridgehead atoms. The van der Waals surface area contributed by atoms with Crippen LogP contribution in [-0.2, 0) is 13.0 Å². The van der Waals surface area contributed by atoms with Crippen molar-refractivity contribution < 1.29 is 9.90 Å². The number of amides is 1. The molecule has 1 amide bonds. The van der Waals surface area contributed by atoms with Crippen molar-refractivity contribution in [3.05, 3.63) is 59.4 Å². The Morgan fingerprint density at radius 3 is 2.72 bits per heavy atom. The van der Waals surface area contributed by atoms with Gasteiger partial charge in [-0.2, -0.15) is 10.2 Å². The number of carbonyl (C=O) groups is 1. The molecule has 25 heavy (non-hydrogen) atoms. The van der Waals surface area contributed by atoms with Crippen molar-refractivity contribution in [3.63, 3.8) is 0 Å². The summed E-state index contributed by atoms with van der Waals surface area (Å²) >= 11 is 0. The van der Waals surface area contributed by atoms with Gasteiger partial charge in [-0.25, -0.2) is 0 Å². The molecule has 6 heteroatoms. The summed E-state index contributed by atoms with van der Waals surface area (Å²) in [7, 11) is 0. The Morgan fingerprint density at radius 2 is 2.00 bits per heavy atom. The van der Waals surface area contributed by atoms with Crippen molar-refractivity contribution in [2.75, 3.05) is 19.6 Å². The van der Waals surface area contributed by atoms with Gasteiger partial charge in [-0.1, -0.05) is 38.1 Å². The summed E-state index contributed by atoms with van der Waals surface area (Å²) in [5, 5.41) is 20.2. The molecule has 1 aliphatic rings. The van der Waals surface area contributed by atoms with Crippen molar-refractivity contribution in [3.8, 4) is 0 Å². The van der Waals surface area contributed by atoms with Crippen LogP contribution in [-0.4, -0.2) is 51.8 Å². The number of nitrogens with one attached hydrogen (secondary N) is 1. The Balaban J connectivity index is 0.00000109. The molecule has 1 aromatic heterocycles. The molecule has 134 valence electrons. The number of aromatic nitrogens is 2. The first-order chi connectivity index (χ1) is 12.2. The van der Waals surface area contributed by atoms with Gasteiger partial charge in [0, 0.05) is 26.2 Å². The molecule has 0 unspecified atom stereocenters. The van der Waals surface area contributed by atoms with Crippen LogP contribution in [0.25, 0.3) is 0 Å². The summed E-state index contributed by atoms with van der Waals surface area (Å²) in [6.07, 6.45) is 3.27. The number of benzene rings is 1. The molecular weight excluding hydrogens is 316 g/mol. The lowest BCUT2D eigenvalue weighted by Crippen LogP contribution is -2.42. The smallest absolute Gasteiger partial charge is 0.253 e. The van der Waals surface area contributed by atoms with Gasteiger partial charge in [0.05, 0.1) is 24.1 Å². The van der Waals surface area contributed by atoms with E-state index in [1.165, 1.54) is 23.5 Å². The highest BCUT2D eigenvalue weighted by molar-refractivity contribution is 5.93. The third-order valence-corrected chi connectivity index (χ3v) is 4.02. The Hall–Kier alpha value is -2.31. The van der Waals surface area contributed by atoms with Crippen molar-refractivity contribution in [1.82, 2.24) is 20.4 Å². The van der Waals surface area contributed by atoms with Gasteiger partial charge in [-0.3, -0.25) is 9.69 Å². The third kappa shape index (κ3) is 5.62. The van der Waals surface area contributed by atoms with E-state index in [0.717, 1.165) is 19.5 Å². The normalized spacial score (nSPS) is 14.7. The number of aliphatic hydroxyl groups is 1. The zero-order valence-electron chi connectivity index (χ0n) is 14.9. The van der Waals surface area contributed by atoms with Crippen LogP contribution in [0.5, 0.6) is 0 Å². The highest BCUT2D eigenvalue weighted by Crippen LogP contribution is 2.18. The largest absolute Gasteiger partial charge is 0.390 e. The second-order valence-electron chi connectivity index (χ2n) is 5.75. The maximum atomic E-state index is 11.9. The van der Waals surface area contributed by atoms with Crippen LogP contribution >= 0.6 is 0 Å². The Morgan fingerprint density at radius 1 is 1.24 bits per heavy atom. The van der Waals surface area contributed by atoms with E-state index in [9.17, 15) is 9.90 Å². The van der Waals surface area contributed by atoms with Crippen LogP contribution in [0.1, 0.15) is 35.3 Å². The Bertz CT molecular complexity index is 663. The van der Waals surface area contributed by atoms with Crippen LogP contribution in [0.2, 0.25) is 0 Å². The predicted molar refractivity (Wildman–Crippen MR) is 97.1 cm³/mol. The van der Waals surface area contributed by atoms with Crippen molar-refractivity contribution in [2.45, 2.75) is 32.9 Å². The molecule has 0 aliphatic carbocycles. The van der Waals surface area contributed by atoms with E-state index in [0.29, 0.717) is 12.1 Å². The van der Waals surface area contributed by atoms with E-state index < -0.39 is 6.10 Å². The summed E-state index contributed by atoms with van der Waals surface area (Å²) in [6.45, 7) is 6.54. The molecule has 3 rings (SSSR count). The minimum Gasteiger partial charge on any atom is -0.390 e. The Kier molecular flexibility index (Phi) is 7.50. The predicted octanol–water partition coefficient (Wildman–Crippen LogP) is 1.65. The van der Waals surface area contributed by atoms with Crippen LogP contribution in [0.3, 0.4) is 0 Å². The number of hydrogen-bond donors (Lipinski definition) is 2.